The zero-order valence-corrected chi connectivity index (χ0v) is 11.5. The molecule has 20 heavy (non-hydrogen) atoms. The zero-order valence-electron chi connectivity index (χ0n) is 11.5. The van der Waals surface area contributed by atoms with E-state index < -0.39 is 5.82 Å². The Bertz CT molecular complexity index is 682. The SMILES string of the molecule is CC1(C)CN(c2ccccc2N)c2c1ccc(F)c2O. The predicted molar refractivity (Wildman–Crippen MR) is 79.0 cm³/mol. The van der Waals surface area contributed by atoms with Crippen molar-refractivity contribution in [2.24, 2.45) is 0 Å². The van der Waals surface area contributed by atoms with E-state index in [1.54, 1.807) is 12.1 Å². The molecule has 4 heteroatoms. The van der Waals surface area contributed by atoms with Gasteiger partial charge in [0, 0.05) is 12.0 Å². The fraction of sp³-hybridized carbons (Fsp3) is 0.250. The van der Waals surface area contributed by atoms with E-state index in [1.807, 2.05) is 23.1 Å². The minimum Gasteiger partial charge on any atom is -0.503 e. The van der Waals surface area contributed by atoms with Crippen molar-refractivity contribution in [1.29, 1.82) is 0 Å². The van der Waals surface area contributed by atoms with E-state index in [1.165, 1.54) is 6.07 Å². The van der Waals surface area contributed by atoms with Crippen LogP contribution in [-0.2, 0) is 5.41 Å². The largest absolute Gasteiger partial charge is 0.503 e. The Kier molecular flexibility index (Phi) is 2.64. The lowest BCUT2D eigenvalue weighted by Gasteiger charge is -2.24. The molecule has 1 aliphatic heterocycles. The third-order valence-electron chi connectivity index (χ3n) is 3.88. The van der Waals surface area contributed by atoms with Crippen LogP contribution in [0.15, 0.2) is 36.4 Å². The number of halogens is 1. The van der Waals surface area contributed by atoms with Gasteiger partial charge in [0.05, 0.1) is 17.1 Å². The Morgan fingerprint density at radius 1 is 1.20 bits per heavy atom. The molecule has 0 aliphatic carbocycles. The molecule has 1 heterocycles. The lowest BCUT2D eigenvalue weighted by Crippen LogP contribution is -2.25. The van der Waals surface area contributed by atoms with E-state index >= 15 is 0 Å². The van der Waals surface area contributed by atoms with Crippen LogP contribution in [0.4, 0.5) is 21.5 Å². The average Bonchev–Trinajstić information content (AvgIpc) is 2.67. The summed E-state index contributed by atoms with van der Waals surface area (Å²) in [6.07, 6.45) is 0. The smallest absolute Gasteiger partial charge is 0.175 e. The topological polar surface area (TPSA) is 49.5 Å². The Morgan fingerprint density at radius 3 is 2.60 bits per heavy atom. The fourth-order valence-corrected chi connectivity index (χ4v) is 2.87. The molecule has 0 bridgehead atoms. The maximum absolute atomic E-state index is 13.7. The lowest BCUT2D eigenvalue weighted by molar-refractivity contribution is 0.433. The highest BCUT2D eigenvalue weighted by atomic mass is 19.1. The molecule has 3 rings (SSSR count). The molecule has 104 valence electrons. The maximum atomic E-state index is 13.7. The van der Waals surface area contributed by atoms with E-state index in [0.29, 0.717) is 17.9 Å². The molecule has 0 atom stereocenters. The molecule has 0 aromatic heterocycles. The number of hydrogen-bond donors (Lipinski definition) is 2. The van der Waals surface area contributed by atoms with Gasteiger partial charge in [-0.2, -0.15) is 0 Å². The molecule has 0 radical (unpaired) electrons. The molecule has 0 unspecified atom stereocenters. The molecule has 3 nitrogen and oxygen atoms in total. The number of nitrogens with zero attached hydrogens (tertiary/aromatic N) is 1. The molecule has 3 N–H and O–H groups in total. The summed E-state index contributed by atoms with van der Waals surface area (Å²) in [6.45, 7) is 4.79. The quantitative estimate of drug-likeness (QED) is 0.781. The van der Waals surface area contributed by atoms with Crippen molar-refractivity contribution in [2.45, 2.75) is 19.3 Å². The van der Waals surface area contributed by atoms with E-state index in [2.05, 4.69) is 13.8 Å². The molecule has 0 spiro atoms. The van der Waals surface area contributed by atoms with Crippen LogP contribution in [0.5, 0.6) is 5.75 Å². The van der Waals surface area contributed by atoms with Crippen LogP contribution >= 0.6 is 0 Å². The highest BCUT2D eigenvalue weighted by Crippen LogP contribution is 2.50. The minimum atomic E-state index is -0.610. The van der Waals surface area contributed by atoms with Gasteiger partial charge in [0.2, 0.25) is 0 Å². The predicted octanol–water partition coefficient (Wildman–Crippen LogP) is 3.54. The normalized spacial score (nSPS) is 16.2. The first kappa shape index (κ1) is 12.8. The number of nitrogen functional groups attached to an aromatic ring is 1. The summed E-state index contributed by atoms with van der Waals surface area (Å²) in [4.78, 5) is 1.89. The number of hydrogen-bond acceptors (Lipinski definition) is 3. The van der Waals surface area contributed by atoms with E-state index in [-0.39, 0.29) is 11.2 Å². The van der Waals surface area contributed by atoms with Gasteiger partial charge >= 0.3 is 0 Å². The molecule has 0 fully saturated rings. The summed E-state index contributed by atoms with van der Waals surface area (Å²) in [5.74, 6) is -0.919. The van der Waals surface area contributed by atoms with Crippen LogP contribution < -0.4 is 10.6 Å². The van der Waals surface area contributed by atoms with Crippen molar-refractivity contribution in [3.8, 4) is 5.75 Å². The summed E-state index contributed by atoms with van der Waals surface area (Å²) < 4.78 is 13.7. The lowest BCUT2D eigenvalue weighted by atomic mass is 9.87. The highest BCUT2D eigenvalue weighted by Gasteiger charge is 2.39. The summed E-state index contributed by atoms with van der Waals surface area (Å²) in [6, 6.07) is 10.5. The van der Waals surface area contributed by atoms with Gasteiger partial charge in [0.1, 0.15) is 0 Å². The monoisotopic (exact) mass is 272 g/mol. The highest BCUT2D eigenvalue weighted by molar-refractivity contribution is 5.83. The van der Waals surface area contributed by atoms with Crippen molar-refractivity contribution >= 4 is 17.1 Å². The van der Waals surface area contributed by atoms with Crippen molar-refractivity contribution in [3.05, 3.63) is 47.8 Å². The van der Waals surface area contributed by atoms with Gasteiger partial charge in [-0.15, -0.1) is 0 Å². The van der Waals surface area contributed by atoms with Crippen molar-refractivity contribution in [1.82, 2.24) is 0 Å². The molecule has 1 aliphatic rings. The van der Waals surface area contributed by atoms with Crippen LogP contribution in [0.1, 0.15) is 19.4 Å². The van der Waals surface area contributed by atoms with Gasteiger partial charge in [-0.25, -0.2) is 4.39 Å². The average molecular weight is 272 g/mol. The number of para-hydroxylation sites is 2. The number of nitrogens with two attached hydrogens (primary N) is 1. The van der Waals surface area contributed by atoms with Gasteiger partial charge in [0.15, 0.2) is 11.6 Å². The first-order valence-corrected chi connectivity index (χ1v) is 6.56. The summed E-state index contributed by atoms with van der Waals surface area (Å²) in [5.41, 5.74) is 8.69. The number of fused-ring (bicyclic) bond motifs is 1. The van der Waals surface area contributed by atoms with Crippen LogP contribution in [0.3, 0.4) is 0 Å². The second-order valence-electron chi connectivity index (χ2n) is 5.82. The van der Waals surface area contributed by atoms with Gasteiger partial charge in [-0.05, 0) is 23.8 Å². The summed E-state index contributed by atoms with van der Waals surface area (Å²) in [7, 11) is 0. The standard InChI is InChI=1S/C16H17FN2O/c1-16(2)9-19(13-6-4-3-5-12(13)18)14-10(16)7-8-11(17)15(14)20/h3-8,20H,9,18H2,1-2H3. The molecule has 2 aromatic carbocycles. The molecular formula is C16H17FN2O. The molecule has 0 saturated carbocycles. The molecule has 0 amide bonds. The first-order chi connectivity index (χ1) is 9.42. The zero-order chi connectivity index (χ0) is 14.5. The van der Waals surface area contributed by atoms with Gasteiger partial charge in [0.25, 0.3) is 0 Å². The van der Waals surface area contributed by atoms with Crippen LogP contribution in [0.2, 0.25) is 0 Å². The van der Waals surface area contributed by atoms with Crippen LogP contribution in [0, 0.1) is 5.82 Å². The first-order valence-electron chi connectivity index (χ1n) is 6.56. The Morgan fingerprint density at radius 2 is 1.90 bits per heavy atom. The number of phenols is 1. The minimum absolute atomic E-state index is 0.178. The van der Waals surface area contributed by atoms with Crippen molar-refractivity contribution < 1.29 is 9.50 Å². The van der Waals surface area contributed by atoms with E-state index in [0.717, 1.165) is 11.3 Å². The van der Waals surface area contributed by atoms with E-state index in [9.17, 15) is 9.50 Å². The Balaban J connectivity index is 2.24. The third-order valence-corrected chi connectivity index (χ3v) is 3.88. The number of phenolic OH excluding ortho intramolecular Hbond substituents is 1. The van der Waals surface area contributed by atoms with Gasteiger partial charge in [-0.3, -0.25) is 0 Å². The molecular weight excluding hydrogens is 255 g/mol. The van der Waals surface area contributed by atoms with E-state index in [4.69, 9.17) is 5.73 Å². The van der Waals surface area contributed by atoms with Gasteiger partial charge in [-0.1, -0.05) is 32.0 Å². The summed E-state index contributed by atoms with van der Waals surface area (Å²) in [5, 5.41) is 10.1. The summed E-state index contributed by atoms with van der Waals surface area (Å²) >= 11 is 0. The maximum Gasteiger partial charge on any atom is 0.175 e. The number of benzene rings is 2. The van der Waals surface area contributed by atoms with Gasteiger partial charge < -0.3 is 15.7 Å². The van der Waals surface area contributed by atoms with Crippen LogP contribution in [-0.4, -0.2) is 11.7 Å². The number of anilines is 3. The molecule has 0 saturated heterocycles. The third kappa shape index (κ3) is 1.72. The van der Waals surface area contributed by atoms with Crippen molar-refractivity contribution in [3.63, 3.8) is 0 Å². The van der Waals surface area contributed by atoms with Crippen molar-refractivity contribution in [2.75, 3.05) is 17.2 Å². The number of rotatable bonds is 1. The van der Waals surface area contributed by atoms with Crippen LogP contribution in [0.25, 0.3) is 0 Å². The second kappa shape index (κ2) is 4.13. The second-order valence-corrected chi connectivity index (χ2v) is 5.82. The Hall–Kier alpha value is -2.23. The fourth-order valence-electron chi connectivity index (χ4n) is 2.87. The Labute approximate surface area is 117 Å². The number of aromatic hydroxyl groups is 1. The molecule has 2 aromatic rings.